The zero-order valence-electron chi connectivity index (χ0n) is 15.2. The third-order valence-electron chi connectivity index (χ3n) is 5.21. The SMILES string of the molecule is CCc1cnc(OC2CCCN(C(=O)NC3CCCCCC3)C2)nc1. The number of ether oxygens (including phenoxy) is 1. The van der Waals surface area contributed by atoms with Crippen LogP contribution in [0, 0.1) is 0 Å². The molecule has 2 aliphatic rings. The zero-order chi connectivity index (χ0) is 17.5. The highest BCUT2D eigenvalue weighted by Gasteiger charge is 2.27. The molecule has 0 spiro atoms. The number of aromatic nitrogens is 2. The number of likely N-dealkylation sites (tertiary alicyclic amines) is 1. The van der Waals surface area contributed by atoms with Crippen molar-refractivity contribution in [3.8, 4) is 6.01 Å². The highest BCUT2D eigenvalue weighted by Crippen LogP contribution is 2.19. The first-order valence-electron chi connectivity index (χ1n) is 9.77. The molecule has 6 nitrogen and oxygen atoms in total. The molecule has 1 aromatic heterocycles. The van der Waals surface area contributed by atoms with Gasteiger partial charge in [0.05, 0.1) is 6.54 Å². The number of piperidine rings is 1. The van der Waals surface area contributed by atoms with Gasteiger partial charge in [-0.15, -0.1) is 0 Å². The van der Waals surface area contributed by atoms with Crippen LogP contribution < -0.4 is 10.1 Å². The number of amides is 2. The smallest absolute Gasteiger partial charge is 0.317 e. The van der Waals surface area contributed by atoms with E-state index in [1.54, 1.807) is 0 Å². The molecular formula is C19H30N4O2. The van der Waals surface area contributed by atoms with Gasteiger partial charge in [-0.3, -0.25) is 0 Å². The average molecular weight is 346 g/mol. The van der Waals surface area contributed by atoms with E-state index in [4.69, 9.17) is 4.74 Å². The minimum Gasteiger partial charge on any atom is -0.458 e. The molecule has 1 saturated heterocycles. The first-order valence-corrected chi connectivity index (χ1v) is 9.77. The van der Waals surface area contributed by atoms with Gasteiger partial charge in [-0.1, -0.05) is 32.6 Å². The van der Waals surface area contributed by atoms with Crippen LogP contribution in [-0.2, 0) is 6.42 Å². The molecule has 0 bridgehead atoms. The molecule has 2 fully saturated rings. The normalized spacial score (nSPS) is 22.3. The Bertz CT molecular complexity index is 541. The number of carbonyl (C=O) groups is 1. The number of nitrogens with zero attached hydrogens (tertiary/aromatic N) is 3. The fourth-order valence-electron chi connectivity index (χ4n) is 3.64. The Labute approximate surface area is 150 Å². The second-order valence-electron chi connectivity index (χ2n) is 7.19. The van der Waals surface area contributed by atoms with Crippen molar-refractivity contribution < 1.29 is 9.53 Å². The fourth-order valence-corrected chi connectivity index (χ4v) is 3.64. The van der Waals surface area contributed by atoms with E-state index >= 15 is 0 Å². The third kappa shape index (κ3) is 5.31. The number of nitrogens with one attached hydrogen (secondary N) is 1. The number of hydrogen-bond donors (Lipinski definition) is 1. The van der Waals surface area contributed by atoms with Crippen molar-refractivity contribution >= 4 is 6.03 Å². The quantitative estimate of drug-likeness (QED) is 0.849. The summed E-state index contributed by atoms with van der Waals surface area (Å²) in [6.07, 6.45) is 13.6. The average Bonchev–Trinajstić information content (AvgIpc) is 2.91. The van der Waals surface area contributed by atoms with Crippen LogP contribution in [0.5, 0.6) is 6.01 Å². The van der Waals surface area contributed by atoms with Crippen LogP contribution >= 0.6 is 0 Å². The van der Waals surface area contributed by atoms with Crippen molar-refractivity contribution in [2.45, 2.75) is 76.9 Å². The summed E-state index contributed by atoms with van der Waals surface area (Å²) in [5.41, 5.74) is 1.10. The van der Waals surface area contributed by atoms with Gasteiger partial charge in [0, 0.05) is 25.0 Å². The molecule has 2 heterocycles. The number of urea groups is 1. The number of rotatable bonds is 4. The summed E-state index contributed by atoms with van der Waals surface area (Å²) in [7, 11) is 0. The van der Waals surface area contributed by atoms with Crippen molar-refractivity contribution in [3.05, 3.63) is 18.0 Å². The van der Waals surface area contributed by atoms with Gasteiger partial charge in [0.25, 0.3) is 0 Å². The Kier molecular flexibility index (Phi) is 6.48. The van der Waals surface area contributed by atoms with E-state index in [0.717, 1.165) is 44.2 Å². The molecule has 138 valence electrons. The predicted molar refractivity (Wildman–Crippen MR) is 96.7 cm³/mol. The van der Waals surface area contributed by atoms with Crippen molar-refractivity contribution in [1.82, 2.24) is 20.2 Å². The van der Waals surface area contributed by atoms with E-state index < -0.39 is 0 Å². The minimum absolute atomic E-state index is 0.0267. The van der Waals surface area contributed by atoms with E-state index in [1.165, 1.54) is 25.7 Å². The maximum Gasteiger partial charge on any atom is 0.317 e. The second kappa shape index (κ2) is 9.02. The molecule has 1 atom stereocenters. The number of hydrogen-bond acceptors (Lipinski definition) is 4. The molecule has 25 heavy (non-hydrogen) atoms. The standard InChI is InChI=1S/C19H30N4O2/c1-2-15-12-20-18(21-13-15)25-17-10-7-11-23(14-17)19(24)22-16-8-5-3-4-6-9-16/h12-13,16-17H,2-11,14H2,1H3,(H,22,24). The van der Waals surface area contributed by atoms with Gasteiger partial charge in [0.1, 0.15) is 6.10 Å². The summed E-state index contributed by atoms with van der Waals surface area (Å²) in [5.74, 6) is 0. The molecule has 1 aliphatic heterocycles. The highest BCUT2D eigenvalue weighted by atomic mass is 16.5. The van der Waals surface area contributed by atoms with Crippen LogP contribution in [0.25, 0.3) is 0 Å². The lowest BCUT2D eigenvalue weighted by Gasteiger charge is -2.33. The molecule has 1 aliphatic carbocycles. The van der Waals surface area contributed by atoms with Crippen LogP contribution in [0.1, 0.15) is 63.9 Å². The number of aryl methyl sites for hydroxylation is 1. The minimum atomic E-state index is -0.0267. The van der Waals surface area contributed by atoms with Gasteiger partial charge < -0.3 is 15.0 Å². The van der Waals surface area contributed by atoms with Crippen molar-refractivity contribution in [2.75, 3.05) is 13.1 Å². The first-order chi connectivity index (χ1) is 12.2. The molecule has 1 N–H and O–H groups in total. The van der Waals surface area contributed by atoms with E-state index in [1.807, 2.05) is 17.3 Å². The second-order valence-corrected chi connectivity index (χ2v) is 7.19. The molecule has 1 aromatic rings. The first kappa shape index (κ1) is 18.0. The Morgan fingerprint density at radius 2 is 1.88 bits per heavy atom. The van der Waals surface area contributed by atoms with Gasteiger partial charge in [-0.05, 0) is 37.7 Å². The largest absolute Gasteiger partial charge is 0.458 e. The molecule has 3 rings (SSSR count). The molecule has 2 amide bonds. The van der Waals surface area contributed by atoms with E-state index in [9.17, 15) is 4.79 Å². The van der Waals surface area contributed by atoms with E-state index in [2.05, 4.69) is 22.2 Å². The Morgan fingerprint density at radius 3 is 2.56 bits per heavy atom. The van der Waals surface area contributed by atoms with Crippen molar-refractivity contribution in [3.63, 3.8) is 0 Å². The topological polar surface area (TPSA) is 67.3 Å². The van der Waals surface area contributed by atoms with E-state index in [-0.39, 0.29) is 12.1 Å². The van der Waals surface area contributed by atoms with Crippen LogP contribution in [0.3, 0.4) is 0 Å². The summed E-state index contributed by atoms with van der Waals surface area (Å²) >= 11 is 0. The van der Waals surface area contributed by atoms with Gasteiger partial charge in [-0.25, -0.2) is 14.8 Å². The van der Waals surface area contributed by atoms with Gasteiger partial charge in [0.2, 0.25) is 0 Å². The lowest BCUT2D eigenvalue weighted by molar-refractivity contribution is 0.0925. The van der Waals surface area contributed by atoms with Crippen LogP contribution in [0.4, 0.5) is 4.79 Å². The molecule has 6 heteroatoms. The van der Waals surface area contributed by atoms with Crippen LogP contribution in [0.2, 0.25) is 0 Å². The summed E-state index contributed by atoms with van der Waals surface area (Å²) < 4.78 is 5.90. The monoisotopic (exact) mass is 346 g/mol. The van der Waals surface area contributed by atoms with Crippen LogP contribution in [-0.4, -0.2) is 46.1 Å². The summed E-state index contributed by atoms with van der Waals surface area (Å²) in [6.45, 7) is 3.48. The third-order valence-corrected chi connectivity index (χ3v) is 5.21. The molecule has 0 radical (unpaired) electrons. The van der Waals surface area contributed by atoms with Crippen molar-refractivity contribution in [1.29, 1.82) is 0 Å². The highest BCUT2D eigenvalue weighted by molar-refractivity contribution is 5.74. The summed E-state index contributed by atoms with van der Waals surface area (Å²) in [6, 6.07) is 0.803. The van der Waals surface area contributed by atoms with Gasteiger partial charge in [0.15, 0.2) is 0 Å². The summed E-state index contributed by atoms with van der Waals surface area (Å²) in [5, 5.41) is 3.23. The Hall–Kier alpha value is -1.85. The maximum atomic E-state index is 12.6. The lowest BCUT2D eigenvalue weighted by atomic mass is 10.1. The fraction of sp³-hybridized carbons (Fsp3) is 0.737. The maximum absolute atomic E-state index is 12.6. The van der Waals surface area contributed by atoms with Crippen LogP contribution in [0.15, 0.2) is 12.4 Å². The molecule has 0 aromatic carbocycles. The zero-order valence-corrected chi connectivity index (χ0v) is 15.2. The predicted octanol–water partition coefficient (Wildman–Crippen LogP) is 3.31. The lowest BCUT2D eigenvalue weighted by Crippen LogP contribution is -2.51. The molecule has 1 unspecified atom stereocenters. The van der Waals surface area contributed by atoms with E-state index in [0.29, 0.717) is 18.6 Å². The Morgan fingerprint density at radius 1 is 1.16 bits per heavy atom. The van der Waals surface area contributed by atoms with Gasteiger partial charge >= 0.3 is 12.0 Å². The molecule has 1 saturated carbocycles. The Balaban J connectivity index is 1.50. The summed E-state index contributed by atoms with van der Waals surface area (Å²) in [4.78, 5) is 23.0. The number of carbonyl (C=O) groups excluding carboxylic acids is 1. The van der Waals surface area contributed by atoms with Gasteiger partial charge in [-0.2, -0.15) is 0 Å². The van der Waals surface area contributed by atoms with Crippen molar-refractivity contribution in [2.24, 2.45) is 0 Å². The molecular weight excluding hydrogens is 316 g/mol.